The Morgan fingerprint density at radius 3 is 2.05 bits per heavy atom. The molecule has 1 atom stereocenters. The van der Waals surface area contributed by atoms with E-state index in [1.807, 2.05) is 30.3 Å². The number of methoxy groups -OCH3 is 2. The van der Waals surface area contributed by atoms with Crippen molar-refractivity contribution in [2.45, 2.75) is 13.0 Å². The number of hydrogen-bond acceptors (Lipinski definition) is 4. The lowest BCUT2D eigenvalue weighted by atomic mass is 10.2. The molecule has 0 radical (unpaired) electrons. The molecule has 0 aliphatic heterocycles. The molecule has 0 aliphatic carbocycles. The van der Waals surface area contributed by atoms with Crippen LogP contribution in [0.3, 0.4) is 0 Å². The highest BCUT2D eigenvalue weighted by molar-refractivity contribution is 5.94. The Bertz CT molecular complexity index is 606. The number of benzene rings is 2. The molecule has 0 saturated heterocycles. The third kappa shape index (κ3) is 4.15. The minimum atomic E-state index is -0.656. The van der Waals surface area contributed by atoms with Crippen LogP contribution in [-0.2, 0) is 4.79 Å². The number of amides is 1. The second kappa shape index (κ2) is 7.36. The van der Waals surface area contributed by atoms with E-state index in [1.54, 1.807) is 39.3 Å². The summed E-state index contributed by atoms with van der Waals surface area (Å²) >= 11 is 0. The fourth-order valence-electron chi connectivity index (χ4n) is 1.87. The molecule has 0 bridgehead atoms. The van der Waals surface area contributed by atoms with Crippen LogP contribution in [0, 0.1) is 0 Å². The zero-order chi connectivity index (χ0) is 15.9. The van der Waals surface area contributed by atoms with Crippen molar-refractivity contribution in [1.82, 2.24) is 0 Å². The SMILES string of the molecule is COc1cc(OC)cc(O[C@H](C)C(=O)Nc2ccccc2)c1. The lowest BCUT2D eigenvalue weighted by molar-refractivity contribution is -0.122. The van der Waals surface area contributed by atoms with Crippen LogP contribution in [0.2, 0.25) is 0 Å². The molecule has 0 aromatic heterocycles. The van der Waals surface area contributed by atoms with Gasteiger partial charge in [-0.25, -0.2) is 0 Å². The number of nitrogens with one attached hydrogen (secondary N) is 1. The topological polar surface area (TPSA) is 56.8 Å². The van der Waals surface area contributed by atoms with Gasteiger partial charge >= 0.3 is 0 Å². The van der Waals surface area contributed by atoms with Gasteiger partial charge in [0.25, 0.3) is 5.91 Å². The average Bonchev–Trinajstić information content (AvgIpc) is 2.55. The van der Waals surface area contributed by atoms with Crippen molar-refractivity contribution >= 4 is 11.6 Å². The van der Waals surface area contributed by atoms with Crippen LogP contribution in [0.25, 0.3) is 0 Å². The first-order valence-electron chi connectivity index (χ1n) is 6.88. The summed E-state index contributed by atoms with van der Waals surface area (Å²) in [4.78, 5) is 12.1. The largest absolute Gasteiger partial charge is 0.496 e. The van der Waals surface area contributed by atoms with E-state index in [0.29, 0.717) is 17.2 Å². The van der Waals surface area contributed by atoms with Crippen LogP contribution in [0.1, 0.15) is 6.92 Å². The summed E-state index contributed by atoms with van der Waals surface area (Å²) in [6, 6.07) is 14.4. The average molecular weight is 301 g/mol. The molecular formula is C17H19NO4. The first-order valence-corrected chi connectivity index (χ1v) is 6.88. The maximum Gasteiger partial charge on any atom is 0.265 e. The van der Waals surface area contributed by atoms with E-state index in [-0.39, 0.29) is 5.91 Å². The number of anilines is 1. The third-order valence-corrected chi connectivity index (χ3v) is 3.05. The Morgan fingerprint density at radius 1 is 0.955 bits per heavy atom. The van der Waals surface area contributed by atoms with Crippen LogP contribution in [0.5, 0.6) is 17.2 Å². The Morgan fingerprint density at radius 2 is 1.50 bits per heavy atom. The quantitative estimate of drug-likeness (QED) is 0.890. The molecule has 22 heavy (non-hydrogen) atoms. The summed E-state index contributed by atoms with van der Waals surface area (Å²) in [6.45, 7) is 1.68. The second-order valence-electron chi connectivity index (χ2n) is 4.66. The highest BCUT2D eigenvalue weighted by Crippen LogP contribution is 2.28. The second-order valence-corrected chi connectivity index (χ2v) is 4.66. The van der Waals surface area contributed by atoms with E-state index in [9.17, 15) is 4.79 Å². The number of rotatable bonds is 6. The fourth-order valence-corrected chi connectivity index (χ4v) is 1.87. The maximum absolute atomic E-state index is 12.1. The smallest absolute Gasteiger partial charge is 0.265 e. The predicted molar refractivity (Wildman–Crippen MR) is 84.7 cm³/mol. The zero-order valence-electron chi connectivity index (χ0n) is 12.8. The minimum Gasteiger partial charge on any atom is -0.496 e. The van der Waals surface area contributed by atoms with Crippen LogP contribution in [0.4, 0.5) is 5.69 Å². The van der Waals surface area contributed by atoms with Crippen molar-refractivity contribution in [2.24, 2.45) is 0 Å². The standard InChI is InChI=1S/C17H19NO4/c1-12(17(19)18-13-7-5-4-6-8-13)22-16-10-14(20-2)9-15(11-16)21-3/h4-12H,1-3H3,(H,18,19)/t12-/m1/s1. The van der Waals surface area contributed by atoms with E-state index in [0.717, 1.165) is 5.69 Å². The van der Waals surface area contributed by atoms with Crippen molar-refractivity contribution in [1.29, 1.82) is 0 Å². The van der Waals surface area contributed by atoms with Gasteiger partial charge in [0, 0.05) is 23.9 Å². The molecule has 0 unspecified atom stereocenters. The predicted octanol–water partition coefficient (Wildman–Crippen LogP) is 3.11. The molecule has 5 nitrogen and oxygen atoms in total. The number of carbonyl (C=O) groups is 1. The van der Waals surface area contributed by atoms with Crippen LogP contribution >= 0.6 is 0 Å². The van der Waals surface area contributed by atoms with Gasteiger partial charge in [-0.1, -0.05) is 18.2 Å². The molecule has 0 spiro atoms. The van der Waals surface area contributed by atoms with Crippen LogP contribution in [-0.4, -0.2) is 26.2 Å². The van der Waals surface area contributed by atoms with E-state index < -0.39 is 6.10 Å². The van der Waals surface area contributed by atoms with Crippen molar-refractivity contribution in [3.8, 4) is 17.2 Å². The number of ether oxygens (including phenoxy) is 3. The maximum atomic E-state index is 12.1. The lowest BCUT2D eigenvalue weighted by Crippen LogP contribution is -2.30. The summed E-state index contributed by atoms with van der Waals surface area (Å²) in [5.74, 6) is 1.48. The molecule has 0 heterocycles. The molecule has 5 heteroatoms. The minimum absolute atomic E-state index is 0.229. The fraction of sp³-hybridized carbons (Fsp3) is 0.235. The van der Waals surface area contributed by atoms with Gasteiger partial charge in [0.1, 0.15) is 17.2 Å². The van der Waals surface area contributed by atoms with Gasteiger partial charge in [-0.15, -0.1) is 0 Å². The summed E-state index contributed by atoms with van der Waals surface area (Å²) in [6.07, 6.45) is -0.656. The van der Waals surface area contributed by atoms with E-state index >= 15 is 0 Å². The van der Waals surface area contributed by atoms with Gasteiger partial charge in [-0.05, 0) is 19.1 Å². The Labute approximate surface area is 129 Å². The first kappa shape index (κ1) is 15.7. The molecule has 0 saturated carbocycles. The van der Waals surface area contributed by atoms with Gasteiger partial charge in [0.15, 0.2) is 6.10 Å². The summed E-state index contributed by atoms with van der Waals surface area (Å²) in [5, 5.41) is 2.79. The van der Waals surface area contributed by atoms with Crippen molar-refractivity contribution in [3.63, 3.8) is 0 Å². The monoisotopic (exact) mass is 301 g/mol. The van der Waals surface area contributed by atoms with E-state index in [4.69, 9.17) is 14.2 Å². The Kier molecular flexibility index (Phi) is 5.25. The highest BCUT2D eigenvalue weighted by atomic mass is 16.5. The molecule has 1 N–H and O–H groups in total. The van der Waals surface area contributed by atoms with Gasteiger partial charge < -0.3 is 19.5 Å². The molecular weight excluding hydrogens is 282 g/mol. The van der Waals surface area contributed by atoms with E-state index in [2.05, 4.69) is 5.32 Å². The third-order valence-electron chi connectivity index (χ3n) is 3.05. The van der Waals surface area contributed by atoms with Gasteiger partial charge in [0.05, 0.1) is 14.2 Å². The normalized spacial score (nSPS) is 11.4. The molecule has 2 aromatic carbocycles. The number of para-hydroxylation sites is 1. The molecule has 2 aromatic rings. The Hall–Kier alpha value is -2.69. The summed E-state index contributed by atoms with van der Waals surface area (Å²) in [7, 11) is 3.12. The van der Waals surface area contributed by atoms with Crippen LogP contribution in [0.15, 0.2) is 48.5 Å². The van der Waals surface area contributed by atoms with Crippen molar-refractivity contribution in [2.75, 3.05) is 19.5 Å². The van der Waals surface area contributed by atoms with Crippen molar-refractivity contribution < 1.29 is 19.0 Å². The molecule has 2 rings (SSSR count). The van der Waals surface area contributed by atoms with Crippen molar-refractivity contribution in [3.05, 3.63) is 48.5 Å². The molecule has 1 amide bonds. The van der Waals surface area contributed by atoms with Gasteiger partial charge in [0.2, 0.25) is 0 Å². The first-order chi connectivity index (χ1) is 10.6. The highest BCUT2D eigenvalue weighted by Gasteiger charge is 2.15. The van der Waals surface area contributed by atoms with Crippen LogP contribution < -0.4 is 19.5 Å². The summed E-state index contributed by atoms with van der Waals surface area (Å²) < 4.78 is 16.0. The molecule has 0 aliphatic rings. The zero-order valence-corrected chi connectivity index (χ0v) is 12.8. The number of hydrogen-bond donors (Lipinski definition) is 1. The molecule has 116 valence electrons. The van der Waals surface area contributed by atoms with E-state index in [1.165, 1.54) is 0 Å². The number of carbonyl (C=O) groups excluding carboxylic acids is 1. The van der Waals surface area contributed by atoms with Gasteiger partial charge in [-0.2, -0.15) is 0 Å². The molecule has 0 fully saturated rings. The Balaban J connectivity index is 2.04. The lowest BCUT2D eigenvalue weighted by Gasteiger charge is -2.16. The van der Waals surface area contributed by atoms with Gasteiger partial charge in [-0.3, -0.25) is 4.79 Å². The summed E-state index contributed by atoms with van der Waals surface area (Å²) in [5.41, 5.74) is 0.728.